The Labute approximate surface area is 152 Å². The quantitative estimate of drug-likeness (QED) is 0.233. The zero-order chi connectivity index (χ0) is 18.1. The number of aliphatic hydroxyl groups is 1. The van der Waals surface area contributed by atoms with Crippen molar-refractivity contribution in [2.75, 3.05) is 0 Å². The highest BCUT2D eigenvalue weighted by Gasteiger charge is 2.15. The van der Waals surface area contributed by atoms with Gasteiger partial charge in [-0.1, -0.05) is 41.2 Å². The molecule has 5 heteroatoms. The van der Waals surface area contributed by atoms with Gasteiger partial charge in [-0.3, -0.25) is 4.79 Å². The minimum atomic E-state index is -1.06. The minimum absolute atomic E-state index is 0.209. The van der Waals surface area contributed by atoms with Crippen LogP contribution >= 0.6 is 11.8 Å². The molecule has 0 amide bonds. The van der Waals surface area contributed by atoms with Crippen LogP contribution < -0.4 is 0 Å². The fourth-order valence-corrected chi connectivity index (χ4v) is 2.88. The normalized spacial score (nSPS) is 12.5. The van der Waals surface area contributed by atoms with Gasteiger partial charge in [-0.25, -0.2) is 0 Å². The van der Waals surface area contributed by atoms with Gasteiger partial charge >= 0.3 is 0 Å². The van der Waals surface area contributed by atoms with Crippen LogP contribution in [-0.2, 0) is 4.84 Å². The van der Waals surface area contributed by atoms with E-state index in [1.807, 2.05) is 42.5 Å². The third-order valence-corrected chi connectivity index (χ3v) is 4.27. The highest BCUT2D eigenvalue weighted by molar-refractivity contribution is 7.99. The summed E-state index contributed by atoms with van der Waals surface area (Å²) in [6.45, 7) is 5.09. The lowest BCUT2D eigenvalue weighted by Crippen LogP contribution is -2.16. The van der Waals surface area contributed by atoms with E-state index < -0.39 is 6.29 Å². The van der Waals surface area contributed by atoms with Crippen LogP contribution in [0.1, 0.15) is 30.1 Å². The van der Waals surface area contributed by atoms with E-state index in [4.69, 9.17) is 4.84 Å². The number of benzene rings is 2. The molecule has 0 aliphatic heterocycles. The predicted molar refractivity (Wildman–Crippen MR) is 101 cm³/mol. The van der Waals surface area contributed by atoms with Crippen LogP contribution in [0.3, 0.4) is 0 Å². The van der Waals surface area contributed by atoms with Gasteiger partial charge in [0.2, 0.25) is 12.1 Å². The van der Waals surface area contributed by atoms with Crippen molar-refractivity contribution in [2.24, 2.45) is 5.16 Å². The van der Waals surface area contributed by atoms with Crippen molar-refractivity contribution in [1.29, 1.82) is 0 Å². The molecule has 0 radical (unpaired) electrons. The average Bonchev–Trinajstić information content (AvgIpc) is 2.62. The number of allylic oxidation sites excluding steroid dienone is 1. The van der Waals surface area contributed by atoms with Gasteiger partial charge in [0.1, 0.15) is 5.71 Å². The molecule has 0 saturated heterocycles. The Bertz CT molecular complexity index is 724. The van der Waals surface area contributed by atoms with Crippen LogP contribution in [0.4, 0.5) is 0 Å². The monoisotopic (exact) mass is 355 g/mol. The number of carbonyl (C=O) groups is 1. The maximum absolute atomic E-state index is 12.6. The second-order valence-corrected chi connectivity index (χ2v) is 6.49. The molecule has 0 aliphatic carbocycles. The molecule has 4 nitrogen and oxygen atoms in total. The molecule has 1 N–H and O–H groups in total. The first kappa shape index (κ1) is 19.0. The van der Waals surface area contributed by atoms with Gasteiger partial charge in [0.25, 0.3) is 0 Å². The van der Waals surface area contributed by atoms with Crippen LogP contribution in [-0.4, -0.2) is 22.9 Å². The Balaban J connectivity index is 2.11. The van der Waals surface area contributed by atoms with Gasteiger partial charge in [0.05, 0.1) is 0 Å². The van der Waals surface area contributed by atoms with E-state index in [1.165, 1.54) is 6.92 Å². The molecule has 0 bridgehead atoms. The number of nitrogens with zero attached hydrogens (tertiary/aromatic N) is 1. The molecular weight excluding hydrogens is 334 g/mol. The second kappa shape index (κ2) is 9.81. The van der Waals surface area contributed by atoms with E-state index in [9.17, 15) is 9.90 Å². The molecule has 1 atom stereocenters. The molecule has 130 valence electrons. The third kappa shape index (κ3) is 6.21. The van der Waals surface area contributed by atoms with Gasteiger partial charge in [0.15, 0.2) is 0 Å². The Morgan fingerprint density at radius 2 is 1.84 bits per heavy atom. The molecule has 0 fully saturated rings. The summed E-state index contributed by atoms with van der Waals surface area (Å²) >= 11 is 1.63. The number of aliphatic hydroxyl groups excluding tert-OH is 1. The van der Waals surface area contributed by atoms with Crippen molar-refractivity contribution in [3.05, 3.63) is 72.8 Å². The zero-order valence-electron chi connectivity index (χ0n) is 14.1. The van der Waals surface area contributed by atoms with Gasteiger partial charge in [0, 0.05) is 28.7 Å². The predicted octanol–water partition coefficient (Wildman–Crippen LogP) is 4.70. The van der Waals surface area contributed by atoms with Crippen LogP contribution in [0.15, 0.2) is 82.2 Å². The lowest BCUT2D eigenvalue weighted by Gasteiger charge is -2.07. The van der Waals surface area contributed by atoms with Crippen molar-refractivity contribution < 1.29 is 14.7 Å². The van der Waals surface area contributed by atoms with E-state index in [0.29, 0.717) is 18.4 Å². The first-order valence-electron chi connectivity index (χ1n) is 7.99. The van der Waals surface area contributed by atoms with Gasteiger partial charge in [-0.15, -0.1) is 6.58 Å². The number of hydrogen-bond donors (Lipinski definition) is 1. The molecule has 25 heavy (non-hydrogen) atoms. The Morgan fingerprint density at radius 1 is 1.20 bits per heavy atom. The number of oxime groups is 1. The number of Topliss-reactive ketones (excluding diaryl/α,β-unsaturated/α-hetero) is 1. The highest BCUT2D eigenvalue weighted by Crippen LogP contribution is 2.27. The maximum atomic E-state index is 12.6. The summed E-state index contributed by atoms with van der Waals surface area (Å²) in [5.74, 6) is -0.209. The number of ketones is 1. The lowest BCUT2D eigenvalue weighted by molar-refractivity contribution is -0.0838. The van der Waals surface area contributed by atoms with Gasteiger partial charge in [-0.2, -0.15) is 0 Å². The van der Waals surface area contributed by atoms with Crippen molar-refractivity contribution >= 4 is 23.3 Å². The topological polar surface area (TPSA) is 58.9 Å². The number of carbonyl (C=O) groups excluding carboxylic acids is 1. The van der Waals surface area contributed by atoms with Crippen LogP contribution in [0.2, 0.25) is 0 Å². The highest BCUT2D eigenvalue weighted by atomic mass is 32.2. The van der Waals surface area contributed by atoms with E-state index in [1.54, 1.807) is 30.0 Å². The van der Waals surface area contributed by atoms with Crippen LogP contribution in [0, 0.1) is 0 Å². The van der Waals surface area contributed by atoms with Crippen molar-refractivity contribution in [2.45, 2.75) is 35.8 Å². The van der Waals surface area contributed by atoms with E-state index >= 15 is 0 Å². The van der Waals surface area contributed by atoms with E-state index in [-0.39, 0.29) is 11.5 Å². The Kier molecular flexibility index (Phi) is 7.44. The second-order valence-electron chi connectivity index (χ2n) is 5.34. The molecule has 2 aromatic rings. The van der Waals surface area contributed by atoms with Crippen LogP contribution in [0.25, 0.3) is 0 Å². The molecule has 2 rings (SSSR count). The zero-order valence-corrected chi connectivity index (χ0v) is 14.9. The summed E-state index contributed by atoms with van der Waals surface area (Å²) < 4.78 is 0. The number of rotatable bonds is 9. The molecule has 0 saturated carbocycles. The lowest BCUT2D eigenvalue weighted by atomic mass is 10.0. The average molecular weight is 355 g/mol. The fraction of sp³-hybridized carbons (Fsp3) is 0.200. The summed E-state index contributed by atoms with van der Waals surface area (Å²) in [5, 5.41) is 13.0. The first-order valence-corrected chi connectivity index (χ1v) is 8.81. The standard InChI is InChI=1S/C20H21NO3S/c1-3-4-10-19(21-24-15(2)22)20(23)16-11-13-18(14-12-16)25-17-8-6-5-7-9-17/h3,5-9,11-15,22H,1,4,10H2,2H3/b21-19+. The first-order chi connectivity index (χ1) is 12.1. The third-order valence-electron chi connectivity index (χ3n) is 3.26. The molecule has 0 aliphatic rings. The van der Waals surface area contributed by atoms with Gasteiger partial charge < -0.3 is 9.94 Å². The molecule has 2 aromatic carbocycles. The van der Waals surface area contributed by atoms with Crippen molar-refractivity contribution in [3.63, 3.8) is 0 Å². The van der Waals surface area contributed by atoms with E-state index in [0.717, 1.165) is 9.79 Å². The minimum Gasteiger partial charge on any atom is -0.364 e. The van der Waals surface area contributed by atoms with E-state index in [2.05, 4.69) is 11.7 Å². The van der Waals surface area contributed by atoms with Gasteiger partial charge in [-0.05, 0) is 42.8 Å². The summed E-state index contributed by atoms with van der Waals surface area (Å²) in [4.78, 5) is 19.6. The summed E-state index contributed by atoms with van der Waals surface area (Å²) in [7, 11) is 0. The molecular formula is C20H21NO3S. The SMILES string of the molecule is C=CCC/C(=N\OC(C)O)C(=O)c1ccc(Sc2ccccc2)cc1. The van der Waals surface area contributed by atoms with Crippen molar-refractivity contribution in [1.82, 2.24) is 0 Å². The summed E-state index contributed by atoms with van der Waals surface area (Å²) in [6.07, 6.45) is 1.67. The largest absolute Gasteiger partial charge is 0.364 e. The molecule has 0 heterocycles. The molecule has 0 aromatic heterocycles. The molecule has 1 unspecified atom stereocenters. The maximum Gasteiger partial charge on any atom is 0.221 e. The van der Waals surface area contributed by atoms with Crippen LogP contribution in [0.5, 0.6) is 0 Å². The fourth-order valence-electron chi connectivity index (χ4n) is 2.04. The Morgan fingerprint density at radius 3 is 2.44 bits per heavy atom. The Hall–Kier alpha value is -2.37. The summed E-state index contributed by atoms with van der Waals surface area (Å²) in [6, 6.07) is 17.4. The smallest absolute Gasteiger partial charge is 0.221 e. The summed E-state index contributed by atoms with van der Waals surface area (Å²) in [5.41, 5.74) is 0.804. The number of hydrogen-bond acceptors (Lipinski definition) is 5. The van der Waals surface area contributed by atoms with Crippen molar-refractivity contribution in [3.8, 4) is 0 Å². The molecule has 0 spiro atoms.